The third-order valence-corrected chi connectivity index (χ3v) is 4.37. The van der Waals surface area contributed by atoms with Crippen LogP contribution in [0.1, 0.15) is 17.0 Å². The molecule has 2 N–H and O–H groups in total. The number of sulfonamides is 1. The summed E-state index contributed by atoms with van der Waals surface area (Å²) in [6.45, 7) is 3.54. The number of aromatic nitrogens is 2. The second kappa shape index (κ2) is 6.52. The number of hydrogen-bond acceptors (Lipinski definition) is 5. The van der Waals surface area contributed by atoms with Crippen molar-refractivity contribution in [3.8, 4) is 0 Å². The lowest BCUT2D eigenvalue weighted by atomic mass is 10.2. The molecule has 22 heavy (non-hydrogen) atoms. The molecular formula is C14H16N4O3S. The van der Waals surface area contributed by atoms with Gasteiger partial charge in [-0.1, -0.05) is 18.2 Å². The number of hydrogen-bond donors (Lipinski definition) is 2. The van der Waals surface area contributed by atoms with E-state index in [0.29, 0.717) is 11.3 Å². The van der Waals surface area contributed by atoms with Gasteiger partial charge in [0.1, 0.15) is 0 Å². The fourth-order valence-corrected chi connectivity index (χ4v) is 2.93. The Kier molecular flexibility index (Phi) is 4.71. The Morgan fingerprint density at radius 1 is 1.14 bits per heavy atom. The second-order valence-electron chi connectivity index (χ2n) is 4.70. The molecule has 0 spiro atoms. The van der Waals surface area contributed by atoms with E-state index in [1.807, 2.05) is 4.72 Å². The summed E-state index contributed by atoms with van der Waals surface area (Å²) in [7, 11) is -3.90. The molecule has 2 rings (SSSR count). The molecule has 0 fully saturated rings. The van der Waals surface area contributed by atoms with E-state index in [0.717, 1.165) is 5.69 Å². The van der Waals surface area contributed by atoms with Crippen molar-refractivity contribution in [2.75, 3.05) is 0 Å². The highest BCUT2D eigenvalue weighted by molar-refractivity contribution is 7.90. The molecule has 7 nitrogen and oxygen atoms in total. The Hall–Kier alpha value is -2.48. The number of urea groups is 1. The average molecular weight is 320 g/mol. The number of benzene rings is 1. The Morgan fingerprint density at radius 2 is 1.86 bits per heavy atom. The van der Waals surface area contributed by atoms with E-state index < -0.39 is 16.1 Å². The highest BCUT2D eigenvalue weighted by Gasteiger charge is 2.19. The number of aryl methyl sites for hydroxylation is 2. The van der Waals surface area contributed by atoms with Gasteiger partial charge < -0.3 is 5.32 Å². The minimum atomic E-state index is -3.90. The zero-order chi connectivity index (χ0) is 16.2. The molecule has 116 valence electrons. The van der Waals surface area contributed by atoms with Crippen LogP contribution in [0.25, 0.3) is 0 Å². The van der Waals surface area contributed by atoms with Crippen LogP contribution in [0, 0.1) is 13.8 Å². The second-order valence-corrected chi connectivity index (χ2v) is 6.35. The number of rotatable bonds is 4. The minimum Gasteiger partial charge on any atom is -0.332 e. The zero-order valence-electron chi connectivity index (χ0n) is 12.2. The first-order valence-electron chi connectivity index (χ1n) is 6.52. The van der Waals surface area contributed by atoms with Gasteiger partial charge in [-0.25, -0.2) is 17.9 Å². The molecule has 0 aliphatic heterocycles. The molecule has 0 radical (unpaired) electrons. The molecule has 0 saturated heterocycles. The molecule has 0 atom stereocenters. The molecule has 1 aromatic carbocycles. The maximum absolute atomic E-state index is 12.1. The maximum atomic E-state index is 12.1. The average Bonchev–Trinajstić information content (AvgIpc) is 2.46. The van der Waals surface area contributed by atoms with Gasteiger partial charge in [-0.3, -0.25) is 9.97 Å². The van der Waals surface area contributed by atoms with Gasteiger partial charge in [0, 0.05) is 6.20 Å². The number of nitrogens with zero attached hydrogens (tertiary/aromatic N) is 2. The molecule has 0 bridgehead atoms. The number of nitrogens with one attached hydrogen (secondary N) is 2. The van der Waals surface area contributed by atoms with Gasteiger partial charge in [-0.05, 0) is 25.5 Å². The summed E-state index contributed by atoms with van der Waals surface area (Å²) >= 11 is 0. The Labute approximate surface area is 128 Å². The van der Waals surface area contributed by atoms with Crippen LogP contribution in [0.4, 0.5) is 4.79 Å². The van der Waals surface area contributed by atoms with Crippen LogP contribution in [0.5, 0.6) is 0 Å². The highest BCUT2D eigenvalue weighted by Crippen LogP contribution is 2.13. The topological polar surface area (TPSA) is 101 Å². The molecule has 2 aromatic rings. The summed E-state index contributed by atoms with van der Waals surface area (Å²) < 4.78 is 26.2. The molecular weight excluding hydrogens is 304 g/mol. The summed E-state index contributed by atoms with van der Waals surface area (Å²) in [5, 5.41) is 2.43. The predicted molar refractivity (Wildman–Crippen MR) is 80.5 cm³/mol. The van der Waals surface area contributed by atoms with Gasteiger partial charge in [0.25, 0.3) is 10.0 Å². The summed E-state index contributed by atoms with van der Waals surface area (Å²) in [4.78, 5) is 19.9. The van der Waals surface area contributed by atoms with E-state index in [9.17, 15) is 13.2 Å². The fraction of sp³-hybridized carbons (Fsp3) is 0.214. The fourth-order valence-electron chi connectivity index (χ4n) is 1.75. The third-order valence-electron chi connectivity index (χ3n) is 2.87. The molecule has 0 aliphatic rings. The number of amides is 2. The van der Waals surface area contributed by atoms with Crippen molar-refractivity contribution in [3.63, 3.8) is 0 Å². The van der Waals surface area contributed by atoms with Crippen LogP contribution in [0.15, 0.2) is 41.6 Å². The number of carbonyl (C=O) groups excluding carboxylic acids is 1. The normalized spacial score (nSPS) is 11.0. The van der Waals surface area contributed by atoms with Crippen molar-refractivity contribution < 1.29 is 13.2 Å². The molecule has 2 amide bonds. The molecule has 1 aromatic heterocycles. The summed E-state index contributed by atoms with van der Waals surface area (Å²) in [6, 6.07) is 5.61. The van der Waals surface area contributed by atoms with E-state index in [4.69, 9.17) is 0 Å². The third kappa shape index (κ3) is 4.01. The molecule has 0 unspecified atom stereocenters. The van der Waals surface area contributed by atoms with Gasteiger partial charge in [0.15, 0.2) is 0 Å². The van der Waals surface area contributed by atoms with Gasteiger partial charge in [0.05, 0.1) is 29.0 Å². The van der Waals surface area contributed by atoms with Crippen molar-refractivity contribution >= 4 is 16.1 Å². The first-order valence-corrected chi connectivity index (χ1v) is 8.00. The largest absolute Gasteiger partial charge is 0.332 e. The van der Waals surface area contributed by atoms with Crippen LogP contribution >= 0.6 is 0 Å². The van der Waals surface area contributed by atoms with Crippen molar-refractivity contribution in [1.29, 1.82) is 0 Å². The van der Waals surface area contributed by atoms with Crippen LogP contribution in [-0.2, 0) is 16.6 Å². The van der Waals surface area contributed by atoms with E-state index in [1.54, 1.807) is 38.2 Å². The Bertz CT molecular complexity index is 773. The predicted octanol–water partition coefficient (Wildman–Crippen LogP) is 1.28. The zero-order valence-corrected chi connectivity index (χ0v) is 13.0. The van der Waals surface area contributed by atoms with Gasteiger partial charge >= 0.3 is 6.03 Å². The first kappa shape index (κ1) is 15.9. The van der Waals surface area contributed by atoms with E-state index in [-0.39, 0.29) is 11.4 Å². The van der Waals surface area contributed by atoms with Gasteiger partial charge in [-0.2, -0.15) is 0 Å². The van der Waals surface area contributed by atoms with Gasteiger partial charge in [0.2, 0.25) is 0 Å². The summed E-state index contributed by atoms with van der Waals surface area (Å²) in [5.41, 5.74) is 1.86. The van der Waals surface area contributed by atoms with Crippen LogP contribution in [0.3, 0.4) is 0 Å². The quantitative estimate of drug-likeness (QED) is 0.884. The highest BCUT2D eigenvalue weighted by atomic mass is 32.2. The van der Waals surface area contributed by atoms with Crippen LogP contribution < -0.4 is 10.0 Å². The van der Waals surface area contributed by atoms with Crippen molar-refractivity contribution in [2.24, 2.45) is 0 Å². The van der Waals surface area contributed by atoms with Crippen LogP contribution in [-0.4, -0.2) is 24.4 Å². The van der Waals surface area contributed by atoms with Gasteiger partial charge in [-0.15, -0.1) is 0 Å². The Morgan fingerprint density at radius 3 is 2.50 bits per heavy atom. The number of carbonyl (C=O) groups is 1. The van der Waals surface area contributed by atoms with E-state index >= 15 is 0 Å². The lowest BCUT2D eigenvalue weighted by Crippen LogP contribution is -2.39. The molecule has 0 aliphatic carbocycles. The van der Waals surface area contributed by atoms with Crippen molar-refractivity contribution in [1.82, 2.24) is 20.0 Å². The molecule has 0 saturated carbocycles. The minimum absolute atomic E-state index is 0.0697. The lowest BCUT2D eigenvalue weighted by Gasteiger charge is -2.10. The van der Waals surface area contributed by atoms with E-state index in [1.165, 1.54) is 12.3 Å². The van der Waals surface area contributed by atoms with Crippen molar-refractivity contribution in [3.05, 3.63) is 53.6 Å². The smallest absolute Gasteiger partial charge is 0.329 e. The first-order chi connectivity index (χ1) is 10.4. The monoisotopic (exact) mass is 320 g/mol. The van der Waals surface area contributed by atoms with Crippen molar-refractivity contribution in [2.45, 2.75) is 25.3 Å². The Balaban J connectivity index is 1.99. The maximum Gasteiger partial charge on any atom is 0.329 e. The summed E-state index contributed by atoms with van der Waals surface area (Å²) in [6.07, 6.45) is 3.09. The molecule has 8 heteroatoms. The molecule has 1 heterocycles. The van der Waals surface area contributed by atoms with Crippen LogP contribution in [0.2, 0.25) is 0 Å². The standard InChI is InChI=1S/C14H16N4O3S/c1-10-5-3-4-6-13(10)22(20,21)18-14(19)17-9-12-8-15-11(2)7-16-12/h3-8H,9H2,1-2H3,(H2,17,18,19). The summed E-state index contributed by atoms with van der Waals surface area (Å²) in [5.74, 6) is 0. The SMILES string of the molecule is Cc1cnc(CNC(=O)NS(=O)(=O)c2ccccc2C)cn1. The van der Waals surface area contributed by atoms with E-state index in [2.05, 4.69) is 15.3 Å². The lowest BCUT2D eigenvalue weighted by molar-refractivity contribution is 0.245.